The van der Waals surface area contributed by atoms with E-state index in [9.17, 15) is 19.7 Å². The number of nitro benzene ring substituents is 1. The van der Waals surface area contributed by atoms with Crippen LogP contribution in [0.4, 0.5) is 11.4 Å². The molecule has 0 heterocycles. The lowest BCUT2D eigenvalue weighted by molar-refractivity contribution is -0.384. The van der Waals surface area contributed by atoms with Crippen molar-refractivity contribution in [2.75, 3.05) is 12.4 Å². The summed E-state index contributed by atoms with van der Waals surface area (Å²) in [7, 11) is 1.52. The van der Waals surface area contributed by atoms with Gasteiger partial charge in [0.05, 0.1) is 12.0 Å². The lowest BCUT2D eigenvalue weighted by Crippen LogP contribution is -2.41. The van der Waals surface area contributed by atoms with Crippen molar-refractivity contribution in [2.45, 2.75) is 13.0 Å². The van der Waals surface area contributed by atoms with Crippen LogP contribution in [0.3, 0.4) is 0 Å². The van der Waals surface area contributed by atoms with Crippen LogP contribution in [0.15, 0.2) is 48.5 Å². The van der Waals surface area contributed by atoms with Gasteiger partial charge in [-0.15, -0.1) is 0 Å². The van der Waals surface area contributed by atoms with Crippen molar-refractivity contribution in [1.29, 1.82) is 0 Å². The van der Waals surface area contributed by atoms with Gasteiger partial charge in [0, 0.05) is 29.4 Å². The summed E-state index contributed by atoms with van der Waals surface area (Å²) in [5.41, 5.74) is 0.442. The van der Waals surface area contributed by atoms with E-state index >= 15 is 0 Å². The predicted octanol–water partition coefficient (Wildman–Crippen LogP) is 2.36. The second-order valence-electron chi connectivity index (χ2n) is 5.22. The molecule has 1 atom stereocenters. The van der Waals surface area contributed by atoms with E-state index in [1.165, 1.54) is 32.2 Å². The molecule has 130 valence electrons. The van der Waals surface area contributed by atoms with Gasteiger partial charge in [0.15, 0.2) is 0 Å². The molecule has 0 aliphatic heterocycles. The summed E-state index contributed by atoms with van der Waals surface area (Å²) >= 11 is 0. The number of anilines is 1. The van der Waals surface area contributed by atoms with E-state index in [4.69, 9.17) is 4.74 Å². The Morgan fingerprint density at radius 1 is 1.16 bits per heavy atom. The van der Waals surface area contributed by atoms with Crippen molar-refractivity contribution in [2.24, 2.45) is 0 Å². The van der Waals surface area contributed by atoms with Crippen LogP contribution in [0.25, 0.3) is 0 Å². The zero-order valence-electron chi connectivity index (χ0n) is 13.7. The molecule has 0 aliphatic carbocycles. The molecular formula is C17H17N3O5. The third-order valence-corrected chi connectivity index (χ3v) is 3.40. The average Bonchev–Trinajstić information content (AvgIpc) is 2.61. The van der Waals surface area contributed by atoms with Gasteiger partial charge in [-0.05, 0) is 25.1 Å². The van der Waals surface area contributed by atoms with Crippen molar-refractivity contribution in [3.05, 3.63) is 64.2 Å². The van der Waals surface area contributed by atoms with E-state index in [1.807, 2.05) is 0 Å². The van der Waals surface area contributed by atoms with Crippen molar-refractivity contribution in [3.63, 3.8) is 0 Å². The highest BCUT2D eigenvalue weighted by atomic mass is 16.6. The smallest absolute Gasteiger partial charge is 0.270 e. The molecule has 0 aromatic heterocycles. The summed E-state index contributed by atoms with van der Waals surface area (Å²) in [6, 6.07) is 11.3. The number of hydrogen-bond acceptors (Lipinski definition) is 5. The maximum atomic E-state index is 12.2. The van der Waals surface area contributed by atoms with Crippen molar-refractivity contribution in [3.8, 4) is 5.75 Å². The Morgan fingerprint density at radius 2 is 1.88 bits per heavy atom. The van der Waals surface area contributed by atoms with Gasteiger partial charge >= 0.3 is 0 Å². The molecule has 0 saturated heterocycles. The number of hydrogen-bond donors (Lipinski definition) is 2. The van der Waals surface area contributed by atoms with Crippen LogP contribution in [-0.4, -0.2) is 29.9 Å². The summed E-state index contributed by atoms with van der Waals surface area (Å²) in [6.07, 6.45) is 0. The summed E-state index contributed by atoms with van der Waals surface area (Å²) < 4.78 is 5.07. The molecule has 8 nitrogen and oxygen atoms in total. The average molecular weight is 343 g/mol. The second-order valence-corrected chi connectivity index (χ2v) is 5.22. The second kappa shape index (κ2) is 7.91. The maximum Gasteiger partial charge on any atom is 0.270 e. The molecule has 2 amide bonds. The number of carbonyl (C=O) groups is 2. The molecule has 0 aliphatic rings. The minimum Gasteiger partial charge on any atom is -0.497 e. The van der Waals surface area contributed by atoms with E-state index in [-0.39, 0.29) is 11.3 Å². The Kier molecular flexibility index (Phi) is 5.67. The van der Waals surface area contributed by atoms with Gasteiger partial charge in [-0.25, -0.2) is 0 Å². The van der Waals surface area contributed by atoms with Crippen LogP contribution in [-0.2, 0) is 4.79 Å². The van der Waals surface area contributed by atoms with Crippen LogP contribution < -0.4 is 15.4 Å². The lowest BCUT2D eigenvalue weighted by Gasteiger charge is -2.14. The Labute approximate surface area is 144 Å². The minimum atomic E-state index is -0.835. The Bertz CT molecular complexity index is 806. The minimum absolute atomic E-state index is 0.107. The predicted molar refractivity (Wildman–Crippen MR) is 91.6 cm³/mol. The Morgan fingerprint density at radius 3 is 2.56 bits per heavy atom. The van der Waals surface area contributed by atoms with Gasteiger partial charge in [0.25, 0.3) is 11.6 Å². The summed E-state index contributed by atoms with van der Waals surface area (Å²) in [4.78, 5) is 34.5. The number of carbonyl (C=O) groups excluding carboxylic acids is 2. The third-order valence-electron chi connectivity index (χ3n) is 3.40. The monoisotopic (exact) mass is 343 g/mol. The fraction of sp³-hybridized carbons (Fsp3) is 0.176. The molecule has 2 rings (SSSR count). The molecule has 1 unspecified atom stereocenters. The van der Waals surface area contributed by atoms with E-state index < -0.39 is 22.8 Å². The first-order valence-electron chi connectivity index (χ1n) is 7.41. The summed E-state index contributed by atoms with van der Waals surface area (Å²) in [5.74, 6) is -0.407. The van der Waals surface area contributed by atoms with E-state index in [0.717, 1.165) is 6.07 Å². The molecule has 0 bridgehead atoms. The summed E-state index contributed by atoms with van der Waals surface area (Å²) in [6.45, 7) is 1.52. The van der Waals surface area contributed by atoms with Crippen LogP contribution in [0.2, 0.25) is 0 Å². The zero-order valence-corrected chi connectivity index (χ0v) is 13.7. The topological polar surface area (TPSA) is 111 Å². The third kappa shape index (κ3) is 4.77. The lowest BCUT2D eigenvalue weighted by atomic mass is 10.1. The van der Waals surface area contributed by atoms with Gasteiger partial charge in [-0.3, -0.25) is 19.7 Å². The highest BCUT2D eigenvalue weighted by Crippen LogP contribution is 2.17. The molecule has 0 spiro atoms. The number of ether oxygens (including phenoxy) is 1. The fourth-order valence-corrected chi connectivity index (χ4v) is 2.06. The first-order valence-corrected chi connectivity index (χ1v) is 7.41. The van der Waals surface area contributed by atoms with Gasteiger partial charge in [0.2, 0.25) is 5.91 Å². The number of benzene rings is 2. The van der Waals surface area contributed by atoms with Gasteiger partial charge in [-0.1, -0.05) is 12.1 Å². The molecule has 25 heavy (non-hydrogen) atoms. The largest absolute Gasteiger partial charge is 0.497 e. The number of methoxy groups -OCH3 is 1. The molecule has 8 heteroatoms. The highest BCUT2D eigenvalue weighted by Gasteiger charge is 2.18. The quantitative estimate of drug-likeness (QED) is 0.618. The fourth-order valence-electron chi connectivity index (χ4n) is 2.06. The molecule has 2 aromatic carbocycles. The van der Waals surface area contributed by atoms with E-state index in [0.29, 0.717) is 11.4 Å². The van der Waals surface area contributed by atoms with Crippen molar-refractivity contribution < 1.29 is 19.2 Å². The van der Waals surface area contributed by atoms with Gasteiger partial charge in [0.1, 0.15) is 11.8 Å². The molecular weight excluding hydrogens is 326 g/mol. The number of nitrogens with zero attached hydrogens (tertiary/aromatic N) is 1. The number of amides is 2. The summed E-state index contributed by atoms with van der Waals surface area (Å²) in [5, 5.41) is 15.9. The van der Waals surface area contributed by atoms with E-state index in [1.54, 1.807) is 24.3 Å². The molecule has 0 radical (unpaired) electrons. The number of nitro groups is 1. The Hall–Kier alpha value is -3.42. The van der Waals surface area contributed by atoms with Crippen LogP contribution in [0.1, 0.15) is 17.3 Å². The van der Waals surface area contributed by atoms with Gasteiger partial charge in [-0.2, -0.15) is 0 Å². The molecule has 0 fully saturated rings. The van der Waals surface area contributed by atoms with E-state index in [2.05, 4.69) is 10.6 Å². The maximum absolute atomic E-state index is 12.2. The van der Waals surface area contributed by atoms with Gasteiger partial charge < -0.3 is 15.4 Å². The SMILES string of the molecule is COc1cccc(NC(=O)C(C)NC(=O)c2cccc([N+](=O)[O-])c2)c1. The zero-order chi connectivity index (χ0) is 18.4. The first-order chi connectivity index (χ1) is 11.9. The highest BCUT2D eigenvalue weighted by molar-refractivity contribution is 6.01. The number of non-ortho nitro benzene ring substituents is 1. The molecule has 0 saturated carbocycles. The van der Waals surface area contributed by atoms with Crippen LogP contribution in [0.5, 0.6) is 5.75 Å². The standard InChI is InChI=1S/C17H17N3O5/c1-11(16(21)19-13-6-4-8-15(10-13)25-2)18-17(22)12-5-3-7-14(9-12)20(23)24/h3-11H,1-2H3,(H,18,22)(H,19,21). The number of nitrogens with one attached hydrogen (secondary N) is 2. The first kappa shape index (κ1) is 17.9. The number of rotatable bonds is 6. The Balaban J connectivity index is 2.01. The van der Waals surface area contributed by atoms with Crippen molar-refractivity contribution in [1.82, 2.24) is 5.32 Å². The molecule has 2 N–H and O–H groups in total. The molecule has 2 aromatic rings. The van der Waals surface area contributed by atoms with Crippen LogP contribution in [0, 0.1) is 10.1 Å². The van der Waals surface area contributed by atoms with Crippen LogP contribution >= 0.6 is 0 Å². The van der Waals surface area contributed by atoms with Crippen molar-refractivity contribution >= 4 is 23.2 Å². The normalized spacial score (nSPS) is 11.3.